The van der Waals surface area contributed by atoms with Gasteiger partial charge in [-0.2, -0.15) is 0 Å². The zero-order valence-electron chi connectivity index (χ0n) is 16.0. The van der Waals surface area contributed by atoms with E-state index >= 15 is 0 Å². The van der Waals surface area contributed by atoms with Crippen molar-refractivity contribution >= 4 is 39.3 Å². The van der Waals surface area contributed by atoms with Gasteiger partial charge in [0, 0.05) is 41.3 Å². The Morgan fingerprint density at radius 2 is 1.79 bits per heavy atom. The van der Waals surface area contributed by atoms with E-state index in [1.807, 2.05) is 61.5 Å². The van der Waals surface area contributed by atoms with Crippen LogP contribution in [0.4, 0.5) is 5.69 Å². The Hall–Kier alpha value is -3.67. The van der Waals surface area contributed by atoms with E-state index < -0.39 is 0 Å². The summed E-state index contributed by atoms with van der Waals surface area (Å²) in [5, 5.41) is 4.85. The van der Waals surface area contributed by atoms with Crippen LogP contribution in [0.3, 0.4) is 0 Å². The number of carbonyl (C=O) groups excluding carboxylic acids is 2. The van der Waals surface area contributed by atoms with E-state index in [2.05, 4.69) is 15.3 Å². The zero-order chi connectivity index (χ0) is 20.0. The van der Waals surface area contributed by atoms with Crippen LogP contribution < -0.4 is 5.32 Å². The van der Waals surface area contributed by atoms with Gasteiger partial charge in [0.1, 0.15) is 0 Å². The van der Waals surface area contributed by atoms with Crippen molar-refractivity contribution in [2.24, 2.45) is 5.92 Å². The van der Waals surface area contributed by atoms with Crippen LogP contribution in [0.1, 0.15) is 16.1 Å². The quantitative estimate of drug-likeness (QED) is 0.565. The van der Waals surface area contributed by atoms with E-state index in [4.69, 9.17) is 0 Å². The lowest BCUT2D eigenvalue weighted by Gasteiger charge is -2.38. The number of likely N-dealkylation sites (tertiary alicyclic amines) is 1. The molecule has 0 saturated carbocycles. The molecule has 0 spiro atoms. The molecular formula is C23H20N4O2. The van der Waals surface area contributed by atoms with Crippen molar-refractivity contribution < 1.29 is 9.59 Å². The van der Waals surface area contributed by atoms with Crippen molar-refractivity contribution in [3.63, 3.8) is 0 Å². The number of aryl methyl sites for hydroxylation is 1. The maximum absolute atomic E-state index is 12.8. The summed E-state index contributed by atoms with van der Waals surface area (Å²) in [4.78, 5) is 34.9. The van der Waals surface area contributed by atoms with Crippen LogP contribution in [0, 0.1) is 12.8 Å². The van der Waals surface area contributed by atoms with Crippen molar-refractivity contribution in [3.8, 4) is 0 Å². The van der Waals surface area contributed by atoms with Crippen molar-refractivity contribution in [3.05, 3.63) is 72.1 Å². The van der Waals surface area contributed by atoms with Crippen LogP contribution in [0.25, 0.3) is 21.8 Å². The number of rotatable bonds is 3. The number of anilines is 1. The molecule has 0 atom stereocenters. The first kappa shape index (κ1) is 17.4. The lowest BCUT2D eigenvalue weighted by atomic mass is 9.97. The van der Waals surface area contributed by atoms with Crippen LogP contribution in [0.15, 0.2) is 60.8 Å². The maximum Gasteiger partial charge on any atom is 0.256 e. The van der Waals surface area contributed by atoms with E-state index in [1.165, 1.54) is 0 Å². The molecule has 0 bridgehead atoms. The molecule has 6 heteroatoms. The standard InChI is InChI=1S/C23H20N4O2/c1-14-10-21(17-7-3-5-9-20(17)25-14)26-22(28)15-12-27(13-15)23(29)18-11-24-19-8-4-2-6-16(18)19/h2-11,15,24H,12-13H2,1H3,(H,25,26,28). The fourth-order valence-corrected chi connectivity index (χ4v) is 3.88. The third kappa shape index (κ3) is 3.02. The summed E-state index contributed by atoms with van der Waals surface area (Å²) >= 11 is 0. The topological polar surface area (TPSA) is 78.1 Å². The van der Waals surface area contributed by atoms with Gasteiger partial charge in [0.25, 0.3) is 5.91 Å². The molecule has 0 unspecified atom stereocenters. The van der Waals surface area contributed by atoms with E-state index in [1.54, 1.807) is 11.1 Å². The molecule has 2 aromatic carbocycles. The predicted molar refractivity (Wildman–Crippen MR) is 113 cm³/mol. The number of benzene rings is 2. The molecule has 6 nitrogen and oxygen atoms in total. The number of aromatic amines is 1. The van der Waals surface area contributed by atoms with Crippen molar-refractivity contribution in [1.82, 2.24) is 14.9 Å². The number of para-hydroxylation sites is 2. The second kappa shape index (κ2) is 6.74. The minimum absolute atomic E-state index is 0.0447. The monoisotopic (exact) mass is 384 g/mol. The summed E-state index contributed by atoms with van der Waals surface area (Å²) in [6.07, 6.45) is 1.74. The Labute approximate surface area is 167 Å². The van der Waals surface area contributed by atoms with E-state index in [0.717, 1.165) is 33.2 Å². The molecule has 2 amide bonds. The highest BCUT2D eigenvalue weighted by atomic mass is 16.2. The average Bonchev–Trinajstić information content (AvgIpc) is 3.10. The molecular weight excluding hydrogens is 364 g/mol. The Bertz CT molecular complexity index is 1250. The number of nitrogens with zero attached hydrogens (tertiary/aromatic N) is 2. The Balaban J connectivity index is 1.29. The highest BCUT2D eigenvalue weighted by Crippen LogP contribution is 2.27. The fraction of sp³-hybridized carbons (Fsp3) is 0.174. The summed E-state index contributed by atoms with van der Waals surface area (Å²) in [6.45, 7) is 2.76. The summed E-state index contributed by atoms with van der Waals surface area (Å²) in [7, 11) is 0. The number of pyridine rings is 1. The van der Waals surface area contributed by atoms with E-state index in [0.29, 0.717) is 18.7 Å². The molecule has 1 aliphatic rings. The number of hydrogen-bond acceptors (Lipinski definition) is 3. The fourth-order valence-electron chi connectivity index (χ4n) is 3.88. The van der Waals surface area contributed by atoms with Gasteiger partial charge in [0.2, 0.25) is 5.91 Å². The highest BCUT2D eigenvalue weighted by Gasteiger charge is 2.36. The molecule has 4 aromatic rings. The van der Waals surface area contributed by atoms with Crippen LogP contribution in [-0.2, 0) is 4.79 Å². The number of carbonyl (C=O) groups is 2. The van der Waals surface area contributed by atoms with Gasteiger partial charge in [-0.15, -0.1) is 0 Å². The van der Waals surface area contributed by atoms with Gasteiger partial charge in [-0.25, -0.2) is 0 Å². The van der Waals surface area contributed by atoms with Crippen LogP contribution in [0.2, 0.25) is 0 Å². The SMILES string of the molecule is Cc1cc(NC(=O)C2CN(C(=O)c3c[nH]c4ccccc34)C2)c2ccccc2n1. The van der Waals surface area contributed by atoms with Gasteiger partial charge >= 0.3 is 0 Å². The van der Waals surface area contributed by atoms with Crippen LogP contribution in [-0.4, -0.2) is 39.8 Å². The third-order valence-corrected chi connectivity index (χ3v) is 5.46. The second-order valence-corrected chi connectivity index (χ2v) is 7.47. The molecule has 1 aliphatic heterocycles. The van der Waals surface area contributed by atoms with Gasteiger partial charge < -0.3 is 15.2 Å². The zero-order valence-corrected chi connectivity index (χ0v) is 16.0. The Kier molecular flexibility index (Phi) is 4.05. The molecule has 2 aromatic heterocycles. The number of fused-ring (bicyclic) bond motifs is 2. The summed E-state index contributed by atoms with van der Waals surface area (Å²) < 4.78 is 0. The van der Waals surface area contributed by atoms with E-state index in [9.17, 15) is 9.59 Å². The second-order valence-electron chi connectivity index (χ2n) is 7.47. The van der Waals surface area contributed by atoms with Crippen LogP contribution >= 0.6 is 0 Å². The predicted octanol–water partition coefficient (Wildman–Crippen LogP) is 3.74. The van der Waals surface area contributed by atoms with Crippen LogP contribution in [0.5, 0.6) is 0 Å². The number of hydrogen-bond donors (Lipinski definition) is 2. The molecule has 1 fully saturated rings. The summed E-state index contributed by atoms with van der Waals surface area (Å²) in [6, 6.07) is 17.4. The number of H-pyrrole nitrogens is 1. The minimum Gasteiger partial charge on any atom is -0.360 e. The van der Waals surface area contributed by atoms with Gasteiger partial charge in [-0.05, 0) is 25.1 Å². The first-order chi connectivity index (χ1) is 14.1. The summed E-state index contributed by atoms with van der Waals surface area (Å²) in [5.41, 5.74) is 4.05. The first-order valence-corrected chi connectivity index (χ1v) is 9.63. The Morgan fingerprint density at radius 3 is 2.62 bits per heavy atom. The number of amides is 2. The lowest BCUT2D eigenvalue weighted by Crippen LogP contribution is -2.54. The van der Waals surface area contributed by atoms with Crippen molar-refractivity contribution in [2.45, 2.75) is 6.92 Å². The molecule has 0 radical (unpaired) electrons. The number of nitrogens with one attached hydrogen (secondary N) is 2. The molecule has 0 aliphatic carbocycles. The van der Waals surface area contributed by atoms with Gasteiger partial charge in [0.15, 0.2) is 0 Å². The molecule has 29 heavy (non-hydrogen) atoms. The third-order valence-electron chi connectivity index (χ3n) is 5.46. The van der Waals surface area contributed by atoms with Gasteiger partial charge in [-0.1, -0.05) is 36.4 Å². The van der Waals surface area contributed by atoms with Crippen molar-refractivity contribution in [1.29, 1.82) is 0 Å². The van der Waals surface area contributed by atoms with Gasteiger partial charge in [-0.3, -0.25) is 14.6 Å². The molecule has 5 rings (SSSR count). The lowest BCUT2D eigenvalue weighted by molar-refractivity contribution is -0.123. The summed E-state index contributed by atoms with van der Waals surface area (Å²) in [5.74, 6) is -0.322. The largest absolute Gasteiger partial charge is 0.360 e. The van der Waals surface area contributed by atoms with E-state index in [-0.39, 0.29) is 17.7 Å². The average molecular weight is 384 g/mol. The Morgan fingerprint density at radius 1 is 1.07 bits per heavy atom. The maximum atomic E-state index is 12.8. The molecule has 144 valence electrons. The highest BCUT2D eigenvalue weighted by molar-refractivity contribution is 6.08. The first-order valence-electron chi connectivity index (χ1n) is 9.63. The van der Waals surface area contributed by atoms with Gasteiger partial charge in [0.05, 0.1) is 22.7 Å². The normalized spacial score (nSPS) is 14.2. The van der Waals surface area contributed by atoms with Crippen molar-refractivity contribution in [2.75, 3.05) is 18.4 Å². The minimum atomic E-state index is -0.212. The number of aromatic nitrogens is 2. The molecule has 3 heterocycles. The molecule has 2 N–H and O–H groups in total. The smallest absolute Gasteiger partial charge is 0.256 e. The molecule has 1 saturated heterocycles.